The number of fused-ring (bicyclic) bond motifs is 1. The predicted octanol–water partition coefficient (Wildman–Crippen LogP) is 5.23. The number of nitrogens with zero attached hydrogens (tertiary/aromatic N) is 4. The molecule has 4 aromatic rings. The number of ether oxygens (including phenoxy) is 3. The summed E-state index contributed by atoms with van der Waals surface area (Å²) < 4.78 is 48.8. The van der Waals surface area contributed by atoms with Crippen molar-refractivity contribution in [2.24, 2.45) is 11.7 Å². The Kier molecular flexibility index (Phi) is 7.83. The van der Waals surface area contributed by atoms with Gasteiger partial charge in [0.15, 0.2) is 0 Å². The lowest BCUT2D eigenvalue weighted by Crippen LogP contribution is -2.45. The smallest absolute Gasteiger partial charge is 0.229 e. The number of benzene rings is 1. The van der Waals surface area contributed by atoms with Gasteiger partial charge in [0.25, 0.3) is 0 Å². The van der Waals surface area contributed by atoms with Gasteiger partial charge in [-0.15, -0.1) is 0 Å². The van der Waals surface area contributed by atoms with Crippen LogP contribution in [-0.2, 0) is 9.47 Å². The summed E-state index contributed by atoms with van der Waals surface area (Å²) in [5.41, 5.74) is 8.88. The zero-order valence-electron chi connectivity index (χ0n) is 23.1. The fourth-order valence-corrected chi connectivity index (χ4v) is 6.16. The molecule has 1 aromatic carbocycles. The molecule has 0 amide bonds. The average Bonchev–Trinajstić information content (AvgIpc) is 3.35. The Morgan fingerprint density at radius 1 is 1.07 bits per heavy atom. The zero-order valence-corrected chi connectivity index (χ0v) is 23.1. The van der Waals surface area contributed by atoms with Crippen LogP contribution in [0.3, 0.4) is 0 Å². The Bertz CT molecular complexity index is 1490. The fraction of sp³-hybridized carbons (Fsp3) is 0.433. The monoisotopic (exact) mass is 564 g/mol. The SMILES string of the molecule is CO[C@@H]1[C@H](N)C[C@H](c2ccncc2Nc2ncc3ccc(-c4c(F)cc(OC5CCOCC5)cc4F)nn23)C[C@@H]1C. The summed E-state index contributed by atoms with van der Waals surface area (Å²) in [6, 6.07) is 7.63. The largest absolute Gasteiger partial charge is 0.490 e. The Labute approximate surface area is 237 Å². The molecule has 0 radical (unpaired) electrons. The normalized spacial score (nSPS) is 23.5. The van der Waals surface area contributed by atoms with Gasteiger partial charge >= 0.3 is 0 Å². The van der Waals surface area contributed by atoms with Gasteiger partial charge in [0.05, 0.1) is 54.2 Å². The van der Waals surface area contributed by atoms with E-state index in [-0.39, 0.29) is 41.2 Å². The first-order chi connectivity index (χ1) is 19.9. The van der Waals surface area contributed by atoms with E-state index in [0.29, 0.717) is 43.4 Å². The number of hydrogen-bond acceptors (Lipinski definition) is 8. The van der Waals surface area contributed by atoms with Crippen LogP contribution in [0.1, 0.15) is 44.1 Å². The summed E-state index contributed by atoms with van der Waals surface area (Å²) in [6.07, 6.45) is 8.10. The van der Waals surface area contributed by atoms with E-state index in [1.54, 1.807) is 37.8 Å². The van der Waals surface area contributed by atoms with Crippen molar-refractivity contribution in [3.05, 3.63) is 66.1 Å². The first kappa shape index (κ1) is 27.5. The molecule has 2 aliphatic rings. The van der Waals surface area contributed by atoms with Crippen LogP contribution in [0.5, 0.6) is 5.75 Å². The summed E-state index contributed by atoms with van der Waals surface area (Å²) in [6.45, 7) is 3.30. The fourth-order valence-electron chi connectivity index (χ4n) is 6.16. The molecule has 9 nitrogen and oxygen atoms in total. The second-order valence-corrected chi connectivity index (χ2v) is 10.9. The Morgan fingerprint density at radius 3 is 2.59 bits per heavy atom. The highest BCUT2D eigenvalue weighted by Crippen LogP contribution is 2.40. The summed E-state index contributed by atoms with van der Waals surface area (Å²) in [4.78, 5) is 8.80. The Morgan fingerprint density at radius 2 is 1.85 bits per heavy atom. The lowest BCUT2D eigenvalue weighted by molar-refractivity contribution is 0.00984. The van der Waals surface area contributed by atoms with Crippen molar-refractivity contribution in [3.63, 3.8) is 0 Å². The van der Waals surface area contributed by atoms with Crippen LogP contribution in [0.4, 0.5) is 20.4 Å². The highest BCUT2D eigenvalue weighted by molar-refractivity contribution is 5.66. The van der Waals surface area contributed by atoms with Crippen LogP contribution in [0, 0.1) is 17.6 Å². The van der Waals surface area contributed by atoms with Gasteiger partial charge < -0.3 is 25.3 Å². The van der Waals surface area contributed by atoms with Gasteiger partial charge in [-0.05, 0) is 48.4 Å². The molecule has 3 aromatic heterocycles. The molecule has 6 rings (SSSR count). The van der Waals surface area contributed by atoms with Gasteiger partial charge in [-0.1, -0.05) is 6.92 Å². The minimum atomic E-state index is -0.750. The molecule has 3 N–H and O–H groups in total. The van der Waals surface area contributed by atoms with Crippen molar-refractivity contribution < 1.29 is 23.0 Å². The van der Waals surface area contributed by atoms with Crippen molar-refractivity contribution >= 4 is 17.2 Å². The molecular formula is C30H34F2N6O3. The molecule has 0 bridgehead atoms. The number of rotatable bonds is 7. The number of halogens is 2. The number of hydrogen-bond donors (Lipinski definition) is 2. The molecule has 1 aliphatic heterocycles. The van der Waals surface area contributed by atoms with E-state index in [4.69, 9.17) is 19.9 Å². The van der Waals surface area contributed by atoms with Gasteiger partial charge in [0.1, 0.15) is 23.5 Å². The Balaban J connectivity index is 1.28. The van der Waals surface area contributed by atoms with E-state index in [2.05, 4.69) is 27.3 Å². The molecule has 0 spiro atoms. The lowest BCUT2D eigenvalue weighted by atomic mass is 9.74. The van der Waals surface area contributed by atoms with Crippen LogP contribution in [0.25, 0.3) is 16.8 Å². The lowest BCUT2D eigenvalue weighted by Gasteiger charge is -2.38. The number of nitrogens with one attached hydrogen (secondary N) is 1. The summed E-state index contributed by atoms with van der Waals surface area (Å²) in [5.74, 6) is -0.444. The number of pyridine rings is 1. The molecule has 1 aliphatic carbocycles. The van der Waals surface area contributed by atoms with Gasteiger partial charge in [-0.2, -0.15) is 9.61 Å². The number of imidazole rings is 1. The van der Waals surface area contributed by atoms with E-state index < -0.39 is 11.6 Å². The first-order valence-electron chi connectivity index (χ1n) is 14.0. The summed E-state index contributed by atoms with van der Waals surface area (Å²) >= 11 is 0. The molecule has 2 fully saturated rings. The molecule has 4 atom stereocenters. The van der Waals surface area contributed by atoms with E-state index >= 15 is 8.78 Å². The molecule has 11 heteroatoms. The zero-order chi connectivity index (χ0) is 28.5. The number of nitrogens with two attached hydrogens (primary N) is 1. The van der Waals surface area contributed by atoms with Crippen molar-refractivity contribution in [2.45, 2.75) is 56.8 Å². The van der Waals surface area contributed by atoms with Crippen molar-refractivity contribution in [1.82, 2.24) is 19.6 Å². The average molecular weight is 565 g/mol. The van der Waals surface area contributed by atoms with Gasteiger partial charge in [-0.25, -0.2) is 13.8 Å². The van der Waals surface area contributed by atoms with E-state index in [1.165, 1.54) is 16.6 Å². The van der Waals surface area contributed by atoms with Crippen molar-refractivity contribution in [2.75, 3.05) is 25.6 Å². The maximum absolute atomic E-state index is 15.2. The molecule has 216 valence electrons. The standard InChI is InChI=1S/C30H34F2N6O3/c1-17-11-18(12-25(33)29(17)39-2)22-5-8-34-16-27(22)36-30-35-15-19-3-4-26(37-38(19)30)28-23(31)13-21(14-24(28)32)41-20-6-9-40-10-7-20/h3-5,8,13-18,20,25,29H,6-7,9-12,33H2,1-2H3,(H,35,36)/t17-,18+,25+,29-/m0/s1. The maximum atomic E-state index is 15.2. The third-order valence-corrected chi connectivity index (χ3v) is 8.14. The van der Waals surface area contributed by atoms with Crippen molar-refractivity contribution in [3.8, 4) is 17.0 Å². The third kappa shape index (κ3) is 5.61. The van der Waals surface area contributed by atoms with Crippen LogP contribution in [0.15, 0.2) is 48.9 Å². The summed E-state index contributed by atoms with van der Waals surface area (Å²) in [5, 5.41) is 7.90. The van der Waals surface area contributed by atoms with Gasteiger partial charge in [0.2, 0.25) is 5.95 Å². The minimum Gasteiger partial charge on any atom is -0.490 e. The molecule has 41 heavy (non-hydrogen) atoms. The highest BCUT2D eigenvalue weighted by atomic mass is 19.1. The van der Waals surface area contributed by atoms with Crippen LogP contribution in [-0.4, -0.2) is 58.2 Å². The Hall–Kier alpha value is -3.67. The van der Waals surface area contributed by atoms with Crippen LogP contribution >= 0.6 is 0 Å². The first-order valence-corrected chi connectivity index (χ1v) is 14.0. The van der Waals surface area contributed by atoms with Crippen LogP contribution < -0.4 is 15.8 Å². The number of methoxy groups -OCH3 is 1. The number of anilines is 2. The second kappa shape index (κ2) is 11.7. The van der Waals surface area contributed by atoms with Gasteiger partial charge in [-0.3, -0.25) is 4.98 Å². The van der Waals surface area contributed by atoms with Crippen molar-refractivity contribution in [1.29, 1.82) is 0 Å². The van der Waals surface area contributed by atoms with E-state index in [1.807, 2.05) is 6.07 Å². The topological polar surface area (TPSA) is 109 Å². The van der Waals surface area contributed by atoms with E-state index in [9.17, 15) is 0 Å². The molecule has 4 heterocycles. The van der Waals surface area contributed by atoms with Crippen LogP contribution in [0.2, 0.25) is 0 Å². The maximum Gasteiger partial charge on any atom is 0.229 e. The van der Waals surface area contributed by atoms with E-state index in [0.717, 1.165) is 24.1 Å². The molecule has 1 saturated carbocycles. The second-order valence-electron chi connectivity index (χ2n) is 10.9. The number of aromatic nitrogens is 4. The minimum absolute atomic E-state index is 0.0200. The van der Waals surface area contributed by atoms with Gasteiger partial charge in [0, 0.05) is 44.3 Å². The molecule has 0 unspecified atom stereocenters. The summed E-state index contributed by atoms with van der Waals surface area (Å²) in [7, 11) is 1.71. The quantitative estimate of drug-likeness (QED) is 0.314. The highest BCUT2D eigenvalue weighted by Gasteiger charge is 2.35. The molecule has 1 saturated heterocycles. The third-order valence-electron chi connectivity index (χ3n) is 8.14. The molecular weight excluding hydrogens is 530 g/mol. The predicted molar refractivity (Wildman–Crippen MR) is 150 cm³/mol.